The molecule has 128 valence electrons. The fourth-order valence-corrected chi connectivity index (χ4v) is 3.50. The number of hydrogen-bond acceptors (Lipinski definition) is 4. The first kappa shape index (κ1) is 17.9. The maximum Gasteiger partial charge on any atom is 0.240 e. The number of rotatable bonds is 7. The zero-order valence-electron chi connectivity index (χ0n) is 13.6. The van der Waals surface area contributed by atoms with Crippen molar-refractivity contribution in [3.8, 4) is 0 Å². The number of sulfonamides is 1. The Hall–Kier alpha value is -1.44. The van der Waals surface area contributed by atoms with Crippen molar-refractivity contribution in [2.24, 2.45) is 0 Å². The van der Waals surface area contributed by atoms with E-state index in [9.17, 15) is 13.2 Å². The Morgan fingerprint density at radius 1 is 1.30 bits per heavy atom. The molecule has 1 atom stereocenters. The first-order valence-electron chi connectivity index (χ1n) is 7.84. The van der Waals surface area contributed by atoms with Crippen LogP contribution in [0.5, 0.6) is 0 Å². The molecule has 0 saturated carbocycles. The average Bonchev–Trinajstić information content (AvgIpc) is 3.01. The van der Waals surface area contributed by atoms with Gasteiger partial charge in [0.05, 0.1) is 11.0 Å². The predicted octanol–water partition coefficient (Wildman–Crippen LogP) is 1.27. The highest BCUT2D eigenvalue weighted by atomic mass is 32.2. The minimum absolute atomic E-state index is 0.0760. The molecule has 1 fully saturated rings. The summed E-state index contributed by atoms with van der Waals surface area (Å²) in [6.07, 6.45) is 2.18. The molecule has 1 aromatic carbocycles. The first-order chi connectivity index (χ1) is 10.9. The number of amides is 1. The summed E-state index contributed by atoms with van der Waals surface area (Å²) >= 11 is 0. The van der Waals surface area contributed by atoms with Crippen LogP contribution in [0, 0.1) is 13.8 Å². The Bertz CT molecular complexity index is 652. The molecule has 1 aliphatic rings. The van der Waals surface area contributed by atoms with E-state index in [1.165, 1.54) is 0 Å². The lowest BCUT2D eigenvalue weighted by Crippen LogP contribution is -2.34. The van der Waals surface area contributed by atoms with Gasteiger partial charge in [-0.3, -0.25) is 4.79 Å². The van der Waals surface area contributed by atoms with Gasteiger partial charge in [-0.25, -0.2) is 13.1 Å². The van der Waals surface area contributed by atoms with Crippen LogP contribution in [0.3, 0.4) is 0 Å². The van der Waals surface area contributed by atoms with Crippen molar-refractivity contribution in [3.63, 3.8) is 0 Å². The molecule has 0 aliphatic carbocycles. The van der Waals surface area contributed by atoms with Crippen molar-refractivity contribution in [3.05, 3.63) is 29.3 Å². The highest BCUT2D eigenvalue weighted by Gasteiger charge is 2.17. The maximum absolute atomic E-state index is 12.2. The molecule has 0 aromatic heterocycles. The van der Waals surface area contributed by atoms with E-state index in [4.69, 9.17) is 4.74 Å². The molecule has 6 nitrogen and oxygen atoms in total. The van der Waals surface area contributed by atoms with Gasteiger partial charge < -0.3 is 10.1 Å². The van der Waals surface area contributed by atoms with Crippen LogP contribution < -0.4 is 10.0 Å². The fraction of sp³-hybridized carbons (Fsp3) is 0.562. The minimum atomic E-state index is -3.58. The van der Waals surface area contributed by atoms with E-state index < -0.39 is 10.0 Å². The Morgan fingerprint density at radius 2 is 2.09 bits per heavy atom. The smallest absolute Gasteiger partial charge is 0.240 e. The molecule has 0 radical (unpaired) electrons. The van der Waals surface area contributed by atoms with Crippen LogP contribution in [0.2, 0.25) is 0 Å². The number of nitrogens with one attached hydrogen (secondary N) is 2. The molecule has 0 bridgehead atoms. The second kappa shape index (κ2) is 7.90. The first-order valence-corrected chi connectivity index (χ1v) is 9.32. The predicted molar refractivity (Wildman–Crippen MR) is 87.7 cm³/mol. The van der Waals surface area contributed by atoms with E-state index in [0.717, 1.165) is 30.6 Å². The highest BCUT2D eigenvalue weighted by molar-refractivity contribution is 7.89. The molecule has 1 heterocycles. The molecule has 7 heteroatoms. The molecule has 1 saturated heterocycles. The topological polar surface area (TPSA) is 84.5 Å². The summed E-state index contributed by atoms with van der Waals surface area (Å²) in [6, 6.07) is 4.98. The maximum atomic E-state index is 12.2. The van der Waals surface area contributed by atoms with Gasteiger partial charge in [-0.1, -0.05) is 6.07 Å². The van der Waals surface area contributed by atoms with Crippen molar-refractivity contribution in [1.29, 1.82) is 0 Å². The summed E-state index contributed by atoms with van der Waals surface area (Å²) in [7, 11) is -3.58. The van der Waals surface area contributed by atoms with Gasteiger partial charge in [0, 0.05) is 26.1 Å². The standard InChI is InChI=1S/C16H24N2O4S/c1-12-5-6-15(10-13(12)2)23(20,21)18-8-7-16(19)17-11-14-4-3-9-22-14/h5-6,10,14,18H,3-4,7-9,11H2,1-2H3,(H,17,19). The number of hydrogen-bond donors (Lipinski definition) is 2. The zero-order chi connectivity index (χ0) is 16.9. The summed E-state index contributed by atoms with van der Waals surface area (Å²) in [4.78, 5) is 11.9. The molecule has 2 rings (SSSR count). The molecule has 1 aliphatic heterocycles. The molecular weight excluding hydrogens is 316 g/mol. The van der Waals surface area contributed by atoms with Gasteiger partial charge >= 0.3 is 0 Å². The van der Waals surface area contributed by atoms with Crippen molar-refractivity contribution >= 4 is 15.9 Å². The quantitative estimate of drug-likeness (QED) is 0.783. The van der Waals surface area contributed by atoms with Crippen molar-refractivity contribution < 1.29 is 17.9 Å². The molecule has 0 spiro atoms. The summed E-state index contributed by atoms with van der Waals surface area (Å²) in [5.74, 6) is -0.178. The highest BCUT2D eigenvalue weighted by Crippen LogP contribution is 2.14. The Labute approximate surface area is 137 Å². The summed E-state index contributed by atoms with van der Waals surface area (Å²) in [6.45, 7) is 5.11. The van der Waals surface area contributed by atoms with Crippen LogP contribution in [-0.2, 0) is 19.6 Å². The molecule has 23 heavy (non-hydrogen) atoms. The Kier molecular flexibility index (Phi) is 6.15. The van der Waals surface area contributed by atoms with Gasteiger partial charge in [-0.05, 0) is 49.9 Å². The molecule has 2 N–H and O–H groups in total. The summed E-state index contributed by atoms with van der Waals surface area (Å²) in [5.41, 5.74) is 1.96. The van der Waals surface area contributed by atoms with Crippen molar-refractivity contribution in [2.45, 2.75) is 44.1 Å². The van der Waals surface area contributed by atoms with Crippen LogP contribution >= 0.6 is 0 Å². The van der Waals surface area contributed by atoms with E-state index in [0.29, 0.717) is 6.54 Å². The third-order valence-corrected chi connectivity index (χ3v) is 5.44. The molecular formula is C16H24N2O4S. The Morgan fingerprint density at radius 3 is 2.74 bits per heavy atom. The molecule has 1 unspecified atom stereocenters. The third-order valence-electron chi connectivity index (χ3n) is 3.98. The Balaban J connectivity index is 1.77. The molecule has 1 amide bonds. The summed E-state index contributed by atoms with van der Waals surface area (Å²) < 4.78 is 32.2. The van der Waals surface area contributed by atoms with Crippen LogP contribution in [0.25, 0.3) is 0 Å². The van der Waals surface area contributed by atoms with Crippen LogP contribution in [-0.4, -0.2) is 40.1 Å². The molecule has 1 aromatic rings. The van der Waals surface area contributed by atoms with E-state index >= 15 is 0 Å². The van der Waals surface area contributed by atoms with Crippen molar-refractivity contribution in [1.82, 2.24) is 10.0 Å². The van der Waals surface area contributed by atoms with E-state index in [1.807, 2.05) is 13.8 Å². The lowest BCUT2D eigenvalue weighted by molar-refractivity contribution is -0.121. The monoisotopic (exact) mass is 340 g/mol. The second-order valence-electron chi connectivity index (χ2n) is 5.83. The number of carbonyl (C=O) groups is 1. The lowest BCUT2D eigenvalue weighted by atomic mass is 10.1. The van der Waals surface area contributed by atoms with E-state index in [-0.39, 0.29) is 29.9 Å². The SMILES string of the molecule is Cc1ccc(S(=O)(=O)NCCC(=O)NCC2CCCO2)cc1C. The number of aryl methyl sites for hydroxylation is 2. The van der Waals surface area contributed by atoms with Gasteiger partial charge in [-0.15, -0.1) is 0 Å². The van der Waals surface area contributed by atoms with Crippen LogP contribution in [0.4, 0.5) is 0 Å². The van der Waals surface area contributed by atoms with E-state index in [1.54, 1.807) is 18.2 Å². The van der Waals surface area contributed by atoms with Gasteiger partial charge in [0.2, 0.25) is 15.9 Å². The zero-order valence-corrected chi connectivity index (χ0v) is 14.4. The fourth-order valence-electron chi connectivity index (χ4n) is 2.38. The number of benzene rings is 1. The van der Waals surface area contributed by atoms with Gasteiger partial charge in [-0.2, -0.15) is 0 Å². The van der Waals surface area contributed by atoms with Gasteiger partial charge in [0.1, 0.15) is 0 Å². The number of ether oxygens (including phenoxy) is 1. The minimum Gasteiger partial charge on any atom is -0.376 e. The van der Waals surface area contributed by atoms with E-state index in [2.05, 4.69) is 10.0 Å². The van der Waals surface area contributed by atoms with Crippen molar-refractivity contribution in [2.75, 3.05) is 19.7 Å². The summed E-state index contributed by atoms with van der Waals surface area (Å²) in [5, 5.41) is 2.77. The van der Waals surface area contributed by atoms with Gasteiger partial charge in [0.15, 0.2) is 0 Å². The van der Waals surface area contributed by atoms with Gasteiger partial charge in [0.25, 0.3) is 0 Å². The largest absolute Gasteiger partial charge is 0.376 e. The average molecular weight is 340 g/mol. The van der Waals surface area contributed by atoms with Crippen LogP contribution in [0.15, 0.2) is 23.1 Å². The number of carbonyl (C=O) groups excluding carboxylic acids is 1. The second-order valence-corrected chi connectivity index (χ2v) is 7.60. The third kappa shape index (κ3) is 5.30. The normalized spacial score (nSPS) is 18.1. The lowest BCUT2D eigenvalue weighted by Gasteiger charge is -2.11. The van der Waals surface area contributed by atoms with Crippen LogP contribution in [0.1, 0.15) is 30.4 Å².